The summed E-state index contributed by atoms with van der Waals surface area (Å²) in [5, 5.41) is 8.82. The largest absolute Gasteiger partial charge is 0.480 e. The number of aliphatic carboxylic acids is 1. The van der Waals surface area contributed by atoms with Crippen molar-refractivity contribution in [3.63, 3.8) is 0 Å². The third-order valence-corrected chi connectivity index (χ3v) is 4.60. The third-order valence-electron chi connectivity index (χ3n) is 3.06. The van der Waals surface area contributed by atoms with Gasteiger partial charge in [-0.25, -0.2) is 9.59 Å². The summed E-state index contributed by atoms with van der Waals surface area (Å²) in [5.41, 5.74) is 0.309. The van der Waals surface area contributed by atoms with Crippen molar-refractivity contribution in [3.05, 3.63) is 11.6 Å². The van der Waals surface area contributed by atoms with Crippen LogP contribution in [0.5, 0.6) is 0 Å². The summed E-state index contributed by atoms with van der Waals surface area (Å²) in [6.45, 7) is 3.55. The highest BCUT2D eigenvalue weighted by atomic mass is 32.2. The fourth-order valence-electron chi connectivity index (χ4n) is 2.24. The van der Waals surface area contributed by atoms with E-state index >= 15 is 0 Å². The molecule has 0 bridgehead atoms. The normalized spacial score (nSPS) is 30.9. The van der Waals surface area contributed by atoms with E-state index in [4.69, 9.17) is 0 Å². The molecule has 0 saturated carbocycles. The molecule has 2 atom stereocenters. The Morgan fingerprint density at radius 1 is 1.50 bits per heavy atom. The first-order valence-corrected chi connectivity index (χ1v) is 6.20. The third kappa shape index (κ3) is 1.69. The number of rotatable bonds is 2. The first-order valence-electron chi connectivity index (χ1n) is 5.32. The van der Waals surface area contributed by atoms with E-state index in [1.165, 1.54) is 23.8 Å². The minimum Gasteiger partial charge on any atom is -0.480 e. The number of methoxy groups -OCH3 is 1. The van der Waals surface area contributed by atoms with Crippen LogP contribution in [0, 0.1) is 0 Å². The van der Waals surface area contributed by atoms with Crippen LogP contribution in [0.15, 0.2) is 11.6 Å². The van der Waals surface area contributed by atoms with Crippen LogP contribution in [0.1, 0.15) is 13.8 Å². The van der Waals surface area contributed by atoms with Gasteiger partial charge in [0.15, 0.2) is 0 Å². The topological polar surface area (TPSA) is 83.9 Å². The van der Waals surface area contributed by atoms with Crippen LogP contribution in [0.2, 0.25) is 0 Å². The van der Waals surface area contributed by atoms with Gasteiger partial charge in [0.05, 0.1) is 12.7 Å². The summed E-state index contributed by atoms with van der Waals surface area (Å²) in [6.07, 6.45) is 1.14. The average molecular weight is 271 g/mol. The quantitative estimate of drug-likeness (QED) is 0.440. The zero-order valence-electron chi connectivity index (χ0n) is 10.2. The Bertz CT molecular complexity index is 470. The fourth-order valence-corrected chi connectivity index (χ4v) is 3.79. The van der Waals surface area contributed by atoms with E-state index in [0.717, 1.165) is 6.08 Å². The molecular weight excluding hydrogens is 258 g/mol. The van der Waals surface area contributed by atoms with E-state index in [1.807, 2.05) is 0 Å². The smallest absolute Gasteiger partial charge is 0.331 e. The SMILES string of the molecule is COC(=O)/C=C1/C(=O)N2[C@@H]1SC(C)(C)[C@@H]2C(=O)O. The van der Waals surface area contributed by atoms with Crippen LogP contribution >= 0.6 is 11.8 Å². The van der Waals surface area contributed by atoms with Crippen LogP contribution in [-0.4, -0.2) is 51.1 Å². The number of carboxylic acids is 1. The van der Waals surface area contributed by atoms with Gasteiger partial charge in [0, 0.05) is 10.8 Å². The van der Waals surface area contributed by atoms with Gasteiger partial charge in [-0.2, -0.15) is 0 Å². The lowest BCUT2D eigenvalue weighted by Crippen LogP contribution is -2.58. The van der Waals surface area contributed by atoms with E-state index < -0.39 is 28.6 Å². The van der Waals surface area contributed by atoms with Gasteiger partial charge < -0.3 is 14.7 Å². The van der Waals surface area contributed by atoms with Crippen LogP contribution < -0.4 is 0 Å². The van der Waals surface area contributed by atoms with Crippen molar-refractivity contribution in [1.29, 1.82) is 0 Å². The van der Waals surface area contributed by atoms with Crippen molar-refractivity contribution < 1.29 is 24.2 Å². The molecule has 0 radical (unpaired) electrons. The monoisotopic (exact) mass is 271 g/mol. The number of carbonyl (C=O) groups is 3. The van der Waals surface area contributed by atoms with E-state index in [1.54, 1.807) is 13.8 Å². The molecule has 2 heterocycles. The van der Waals surface area contributed by atoms with Crippen molar-refractivity contribution in [2.75, 3.05) is 7.11 Å². The highest BCUT2D eigenvalue weighted by Gasteiger charge is 2.61. The van der Waals surface area contributed by atoms with Gasteiger partial charge in [-0.1, -0.05) is 0 Å². The molecular formula is C11H13NO5S. The molecule has 98 valence electrons. The first-order chi connectivity index (χ1) is 8.29. The molecule has 0 unspecified atom stereocenters. The average Bonchev–Trinajstić information content (AvgIpc) is 2.54. The second-order valence-corrected chi connectivity index (χ2v) is 6.38. The molecule has 2 aliphatic heterocycles. The van der Waals surface area contributed by atoms with Crippen molar-refractivity contribution in [1.82, 2.24) is 4.90 Å². The maximum Gasteiger partial charge on any atom is 0.331 e. The van der Waals surface area contributed by atoms with Gasteiger partial charge in [0.2, 0.25) is 0 Å². The number of ether oxygens (including phenoxy) is 1. The van der Waals surface area contributed by atoms with E-state index in [9.17, 15) is 19.5 Å². The van der Waals surface area contributed by atoms with Crippen LogP contribution in [0.3, 0.4) is 0 Å². The number of thioether (sulfide) groups is 1. The highest BCUT2D eigenvalue weighted by Crippen LogP contribution is 2.52. The molecule has 2 saturated heterocycles. The summed E-state index contributed by atoms with van der Waals surface area (Å²) in [7, 11) is 1.23. The molecule has 1 amide bonds. The number of hydrogen-bond donors (Lipinski definition) is 1. The minimum absolute atomic E-state index is 0.309. The summed E-state index contributed by atoms with van der Waals surface area (Å²) >= 11 is 1.37. The number of carbonyl (C=O) groups excluding carboxylic acids is 2. The molecule has 6 nitrogen and oxygen atoms in total. The molecule has 0 aromatic heterocycles. The summed E-state index contributed by atoms with van der Waals surface area (Å²) in [6, 6.07) is -0.866. The van der Waals surface area contributed by atoms with E-state index in [0.29, 0.717) is 5.57 Å². The van der Waals surface area contributed by atoms with Crippen molar-refractivity contribution in [2.24, 2.45) is 0 Å². The zero-order chi connectivity index (χ0) is 13.7. The zero-order valence-corrected chi connectivity index (χ0v) is 11.0. The van der Waals surface area contributed by atoms with Crippen molar-refractivity contribution >= 4 is 29.6 Å². The number of amides is 1. The number of hydrogen-bond acceptors (Lipinski definition) is 5. The number of carboxylic acid groups (broad SMARTS) is 1. The number of esters is 1. The lowest BCUT2D eigenvalue weighted by Gasteiger charge is -2.38. The Balaban J connectivity index is 2.30. The lowest BCUT2D eigenvalue weighted by atomic mass is 9.95. The molecule has 2 rings (SSSR count). The molecule has 0 aliphatic carbocycles. The predicted octanol–water partition coefficient (Wildman–Crippen LogP) is 0.233. The van der Waals surface area contributed by atoms with E-state index in [-0.39, 0.29) is 5.37 Å². The second kappa shape index (κ2) is 4.01. The van der Waals surface area contributed by atoms with Crippen molar-refractivity contribution in [3.8, 4) is 0 Å². The minimum atomic E-state index is -1.03. The molecule has 7 heteroatoms. The van der Waals surface area contributed by atoms with Gasteiger partial charge in [0.1, 0.15) is 11.4 Å². The summed E-state index contributed by atoms with van der Waals surface area (Å²) in [5.74, 6) is -2.04. The van der Waals surface area contributed by atoms with Gasteiger partial charge in [0.25, 0.3) is 5.91 Å². The standard InChI is InChI=1S/C11H13NO5S/c1-11(2)7(10(15)16)12-8(14)5(9(12)18-11)4-6(13)17-3/h4,7,9H,1-3H3,(H,15,16)/b5-4-/t7-,9+/m0/s1. The Kier molecular flexibility index (Phi) is 2.89. The highest BCUT2D eigenvalue weighted by molar-refractivity contribution is 8.01. The fraction of sp³-hybridized carbons (Fsp3) is 0.545. The Hall–Kier alpha value is -1.50. The van der Waals surface area contributed by atoms with Crippen LogP contribution in [0.4, 0.5) is 0 Å². The number of fused-ring (bicyclic) bond motifs is 1. The predicted molar refractivity (Wildman–Crippen MR) is 63.8 cm³/mol. The molecule has 1 N–H and O–H groups in total. The molecule has 2 fully saturated rings. The lowest BCUT2D eigenvalue weighted by molar-refractivity contribution is -0.152. The van der Waals surface area contributed by atoms with Crippen molar-refractivity contribution in [2.45, 2.75) is 30.0 Å². The summed E-state index contributed by atoms with van der Waals surface area (Å²) < 4.78 is 3.88. The van der Waals surface area contributed by atoms with Crippen LogP contribution in [-0.2, 0) is 19.1 Å². The van der Waals surface area contributed by atoms with Gasteiger partial charge in [-0.05, 0) is 13.8 Å². The number of nitrogens with zero attached hydrogens (tertiary/aromatic N) is 1. The molecule has 0 aromatic carbocycles. The number of β-lactam (4-membered cyclic amide) rings is 1. The molecule has 2 aliphatic rings. The maximum absolute atomic E-state index is 11.9. The van der Waals surface area contributed by atoms with E-state index in [2.05, 4.69) is 4.74 Å². The maximum atomic E-state index is 11.9. The van der Waals surface area contributed by atoms with Gasteiger partial charge in [-0.15, -0.1) is 11.8 Å². The Morgan fingerprint density at radius 3 is 2.61 bits per heavy atom. The molecule has 18 heavy (non-hydrogen) atoms. The Labute approximate surface area is 108 Å². The summed E-state index contributed by atoms with van der Waals surface area (Å²) in [4.78, 5) is 35.5. The van der Waals surface area contributed by atoms with Crippen LogP contribution in [0.25, 0.3) is 0 Å². The second-order valence-electron chi connectivity index (χ2n) is 4.65. The van der Waals surface area contributed by atoms with Gasteiger partial charge >= 0.3 is 11.9 Å². The molecule has 0 aromatic rings. The Morgan fingerprint density at radius 2 is 2.11 bits per heavy atom. The van der Waals surface area contributed by atoms with Gasteiger partial charge in [-0.3, -0.25) is 4.79 Å². The first kappa shape index (κ1) is 12.9. The molecule has 0 spiro atoms.